The zero-order valence-corrected chi connectivity index (χ0v) is 8.93. The van der Waals surface area contributed by atoms with Crippen LogP contribution in [0.4, 0.5) is 13.2 Å². The maximum atomic E-state index is 12.2. The van der Waals surface area contributed by atoms with E-state index in [2.05, 4.69) is 10.3 Å². The van der Waals surface area contributed by atoms with E-state index in [1.807, 2.05) is 6.92 Å². The second-order valence-electron chi connectivity index (χ2n) is 2.45. The third kappa shape index (κ3) is 2.32. The largest absolute Gasteiger partial charge is 0.437 e. The first kappa shape index (κ1) is 10.7. The highest BCUT2D eigenvalue weighted by molar-refractivity contribution is 14.1. The Bertz CT molecular complexity index is 294. The van der Waals surface area contributed by atoms with Crippen LogP contribution in [0.1, 0.15) is 19.0 Å². The molecular formula is C6H7F3IN3. The lowest BCUT2D eigenvalue weighted by Gasteiger charge is -2.02. The summed E-state index contributed by atoms with van der Waals surface area (Å²) >= 11 is 1.60. The van der Waals surface area contributed by atoms with Crippen LogP contribution in [0.15, 0.2) is 0 Å². The van der Waals surface area contributed by atoms with Crippen LogP contribution in [-0.2, 0) is 12.7 Å². The summed E-state index contributed by atoms with van der Waals surface area (Å²) in [7, 11) is 0. The maximum Gasteiger partial charge on any atom is 0.437 e. The fourth-order valence-corrected chi connectivity index (χ4v) is 1.58. The summed E-state index contributed by atoms with van der Waals surface area (Å²) < 4.78 is 37.8. The second kappa shape index (κ2) is 3.81. The Hall–Kier alpha value is -0.340. The van der Waals surface area contributed by atoms with Gasteiger partial charge in [0.2, 0.25) is 0 Å². The fourth-order valence-electron chi connectivity index (χ4n) is 0.830. The number of hydrogen-bond acceptors (Lipinski definition) is 2. The minimum Gasteiger partial charge on any atom is -0.239 e. The molecule has 13 heavy (non-hydrogen) atoms. The molecule has 0 bridgehead atoms. The molecule has 1 heterocycles. The molecule has 3 nitrogen and oxygen atoms in total. The molecule has 0 aromatic carbocycles. The Morgan fingerprint density at radius 2 is 2.08 bits per heavy atom. The Labute approximate surface area is 86.4 Å². The lowest BCUT2D eigenvalue weighted by atomic mass is 10.4. The molecule has 0 radical (unpaired) electrons. The smallest absolute Gasteiger partial charge is 0.239 e. The maximum absolute atomic E-state index is 12.2. The highest BCUT2D eigenvalue weighted by Gasteiger charge is 2.37. The fraction of sp³-hybridized carbons (Fsp3) is 0.667. The van der Waals surface area contributed by atoms with E-state index in [9.17, 15) is 13.2 Å². The Kier molecular flexibility index (Phi) is 3.14. The van der Waals surface area contributed by atoms with Crippen LogP contribution in [0.5, 0.6) is 0 Å². The minimum absolute atomic E-state index is 0.0481. The lowest BCUT2D eigenvalue weighted by Crippen LogP contribution is -2.09. The first-order valence-electron chi connectivity index (χ1n) is 3.63. The van der Waals surface area contributed by atoms with Gasteiger partial charge in [-0.15, -0.1) is 5.10 Å². The molecule has 1 aromatic heterocycles. The van der Waals surface area contributed by atoms with Crippen LogP contribution < -0.4 is 0 Å². The van der Waals surface area contributed by atoms with Gasteiger partial charge in [0, 0.05) is 6.54 Å². The molecule has 1 aromatic rings. The predicted octanol–water partition coefficient (Wildman–Crippen LogP) is 2.31. The first-order chi connectivity index (χ1) is 5.96. The number of aromatic nitrogens is 3. The molecule has 74 valence electrons. The van der Waals surface area contributed by atoms with Gasteiger partial charge >= 0.3 is 6.18 Å². The Morgan fingerprint density at radius 3 is 2.46 bits per heavy atom. The number of halogens is 4. The van der Waals surface area contributed by atoms with Crippen molar-refractivity contribution in [3.8, 4) is 0 Å². The van der Waals surface area contributed by atoms with Crippen molar-refractivity contribution in [1.82, 2.24) is 15.0 Å². The van der Waals surface area contributed by atoms with Gasteiger partial charge in [0.1, 0.15) is 3.70 Å². The van der Waals surface area contributed by atoms with Gasteiger partial charge in [-0.2, -0.15) is 13.2 Å². The summed E-state index contributed by atoms with van der Waals surface area (Å²) in [5.74, 6) is 0. The average molecular weight is 305 g/mol. The average Bonchev–Trinajstić information content (AvgIpc) is 2.32. The van der Waals surface area contributed by atoms with Gasteiger partial charge in [-0.25, -0.2) is 4.68 Å². The molecule has 0 saturated heterocycles. The molecule has 0 aliphatic heterocycles. The van der Waals surface area contributed by atoms with E-state index >= 15 is 0 Å². The summed E-state index contributed by atoms with van der Waals surface area (Å²) in [6.07, 6.45) is -3.67. The van der Waals surface area contributed by atoms with E-state index in [-0.39, 0.29) is 3.70 Å². The van der Waals surface area contributed by atoms with Crippen molar-refractivity contribution in [3.05, 3.63) is 9.39 Å². The van der Waals surface area contributed by atoms with E-state index in [0.29, 0.717) is 6.54 Å². The third-order valence-corrected chi connectivity index (χ3v) is 2.45. The molecule has 0 saturated carbocycles. The summed E-state index contributed by atoms with van der Waals surface area (Å²) in [4.78, 5) is 0. The minimum atomic E-state index is -4.40. The van der Waals surface area contributed by atoms with E-state index in [0.717, 1.165) is 6.42 Å². The topological polar surface area (TPSA) is 30.7 Å². The monoisotopic (exact) mass is 305 g/mol. The van der Waals surface area contributed by atoms with Crippen LogP contribution in [-0.4, -0.2) is 15.0 Å². The van der Waals surface area contributed by atoms with Crippen LogP contribution in [0, 0.1) is 3.70 Å². The van der Waals surface area contributed by atoms with Gasteiger partial charge in [-0.1, -0.05) is 12.1 Å². The highest BCUT2D eigenvalue weighted by Crippen LogP contribution is 2.30. The summed E-state index contributed by atoms with van der Waals surface area (Å²) in [6, 6.07) is 0. The third-order valence-electron chi connectivity index (χ3n) is 1.38. The summed E-state index contributed by atoms with van der Waals surface area (Å²) in [5, 5.41) is 6.50. The lowest BCUT2D eigenvalue weighted by molar-refractivity contribution is -0.142. The Balaban J connectivity index is 2.99. The second-order valence-corrected chi connectivity index (χ2v) is 3.47. The van der Waals surface area contributed by atoms with Gasteiger partial charge < -0.3 is 0 Å². The predicted molar refractivity (Wildman–Crippen MR) is 48.0 cm³/mol. The van der Waals surface area contributed by atoms with Crippen molar-refractivity contribution in [2.24, 2.45) is 0 Å². The standard InChI is InChI=1S/C6H7F3IN3/c1-2-3-13-5(10)4(11-12-13)6(7,8)9/h2-3H2,1H3. The van der Waals surface area contributed by atoms with Gasteiger partial charge in [-0.05, 0) is 29.0 Å². The van der Waals surface area contributed by atoms with Gasteiger partial charge in [0.15, 0.2) is 5.69 Å². The van der Waals surface area contributed by atoms with Gasteiger partial charge in [0.05, 0.1) is 0 Å². The summed E-state index contributed by atoms with van der Waals surface area (Å²) in [6.45, 7) is 2.33. The summed E-state index contributed by atoms with van der Waals surface area (Å²) in [5.41, 5.74) is -0.901. The van der Waals surface area contributed by atoms with E-state index in [4.69, 9.17) is 0 Å². The molecule has 0 fully saturated rings. The van der Waals surface area contributed by atoms with Crippen molar-refractivity contribution < 1.29 is 13.2 Å². The molecule has 0 unspecified atom stereocenters. The van der Waals surface area contributed by atoms with E-state index < -0.39 is 11.9 Å². The number of rotatable bonds is 2. The van der Waals surface area contributed by atoms with Crippen LogP contribution in [0.3, 0.4) is 0 Å². The van der Waals surface area contributed by atoms with Crippen molar-refractivity contribution in [1.29, 1.82) is 0 Å². The molecule has 0 aliphatic rings. The SMILES string of the molecule is CCCn1nnc(C(F)(F)F)c1I. The van der Waals surface area contributed by atoms with E-state index in [1.165, 1.54) is 4.68 Å². The van der Waals surface area contributed by atoms with Gasteiger partial charge in [-0.3, -0.25) is 0 Å². The van der Waals surface area contributed by atoms with Gasteiger partial charge in [0.25, 0.3) is 0 Å². The van der Waals surface area contributed by atoms with E-state index in [1.54, 1.807) is 22.6 Å². The van der Waals surface area contributed by atoms with Crippen LogP contribution >= 0.6 is 22.6 Å². The zero-order chi connectivity index (χ0) is 10.1. The molecule has 0 N–H and O–H groups in total. The quantitative estimate of drug-likeness (QED) is 0.785. The molecule has 0 aliphatic carbocycles. The first-order valence-corrected chi connectivity index (χ1v) is 4.71. The number of nitrogens with zero attached hydrogens (tertiary/aromatic N) is 3. The molecule has 0 spiro atoms. The van der Waals surface area contributed by atoms with Crippen molar-refractivity contribution >= 4 is 22.6 Å². The van der Waals surface area contributed by atoms with Crippen molar-refractivity contribution in [3.63, 3.8) is 0 Å². The molecule has 0 amide bonds. The van der Waals surface area contributed by atoms with Crippen molar-refractivity contribution in [2.75, 3.05) is 0 Å². The molecule has 7 heteroatoms. The zero-order valence-electron chi connectivity index (χ0n) is 6.77. The highest BCUT2D eigenvalue weighted by atomic mass is 127. The molecular weight excluding hydrogens is 298 g/mol. The van der Waals surface area contributed by atoms with Crippen LogP contribution in [0.2, 0.25) is 0 Å². The normalized spacial score (nSPS) is 12.1. The molecule has 1 rings (SSSR count). The number of aryl methyl sites for hydroxylation is 1. The Morgan fingerprint density at radius 1 is 1.46 bits per heavy atom. The number of hydrogen-bond donors (Lipinski definition) is 0. The molecule has 0 atom stereocenters. The van der Waals surface area contributed by atoms with Crippen LogP contribution in [0.25, 0.3) is 0 Å². The van der Waals surface area contributed by atoms with Crippen molar-refractivity contribution in [2.45, 2.75) is 26.1 Å². The number of alkyl halides is 3.